The van der Waals surface area contributed by atoms with Crippen LogP contribution in [0, 0.1) is 6.92 Å². The van der Waals surface area contributed by atoms with Crippen LogP contribution in [0.15, 0.2) is 48.5 Å². The smallest absolute Gasteiger partial charge is 0.137 e. The Morgan fingerprint density at radius 3 is 2.65 bits per heavy atom. The van der Waals surface area contributed by atoms with Crippen LogP contribution in [0.3, 0.4) is 0 Å². The van der Waals surface area contributed by atoms with Crippen molar-refractivity contribution in [1.29, 1.82) is 0 Å². The van der Waals surface area contributed by atoms with E-state index in [-0.39, 0.29) is 0 Å². The molecule has 0 fully saturated rings. The quantitative estimate of drug-likeness (QED) is 0.622. The predicted octanol–water partition coefficient (Wildman–Crippen LogP) is 3.99. The molecule has 1 aromatic heterocycles. The molecule has 3 aromatic rings. The van der Waals surface area contributed by atoms with Crippen molar-refractivity contribution in [1.82, 2.24) is 9.97 Å². The number of aryl methyl sites for hydroxylation is 1. The van der Waals surface area contributed by atoms with Gasteiger partial charge in [-0.3, -0.25) is 0 Å². The molecule has 1 heterocycles. The van der Waals surface area contributed by atoms with Crippen LogP contribution in [0.1, 0.15) is 28.2 Å². The summed E-state index contributed by atoms with van der Waals surface area (Å²) < 4.78 is 0. The van der Waals surface area contributed by atoms with Crippen LogP contribution < -0.4 is 5.32 Å². The molecule has 23 heavy (non-hydrogen) atoms. The van der Waals surface area contributed by atoms with E-state index in [9.17, 15) is 0 Å². The Labute approximate surface area is 136 Å². The highest BCUT2D eigenvalue weighted by molar-refractivity contribution is 5.84. The molecular weight excluding hydrogens is 282 g/mol. The number of benzene rings is 2. The molecule has 0 amide bonds. The van der Waals surface area contributed by atoms with Gasteiger partial charge in [0, 0.05) is 25.5 Å². The highest BCUT2D eigenvalue weighted by Gasteiger charge is 2.24. The topological polar surface area (TPSA) is 37.8 Å². The molecule has 0 atom stereocenters. The Morgan fingerprint density at radius 1 is 1.04 bits per heavy atom. The molecule has 0 radical (unpaired) electrons. The Morgan fingerprint density at radius 2 is 1.87 bits per heavy atom. The molecule has 2 aromatic carbocycles. The first-order valence-corrected chi connectivity index (χ1v) is 7.96. The van der Waals surface area contributed by atoms with Crippen LogP contribution >= 0.6 is 0 Å². The lowest BCUT2D eigenvalue weighted by Gasteiger charge is -2.10. The Kier molecular flexibility index (Phi) is 3.34. The zero-order chi connectivity index (χ0) is 15.8. The van der Waals surface area contributed by atoms with Crippen molar-refractivity contribution in [3.63, 3.8) is 0 Å². The van der Waals surface area contributed by atoms with Crippen LogP contribution in [0.25, 0.3) is 11.1 Å². The number of aromatic nitrogens is 2. The molecule has 0 aliphatic heterocycles. The van der Waals surface area contributed by atoms with Crippen LogP contribution in [-0.2, 0) is 12.8 Å². The molecule has 1 N–H and O–H groups in total. The van der Waals surface area contributed by atoms with Gasteiger partial charge in [0.15, 0.2) is 0 Å². The lowest BCUT2D eigenvalue weighted by atomic mass is 10.0. The molecular formula is C20H19N3. The summed E-state index contributed by atoms with van der Waals surface area (Å²) in [4.78, 5) is 9.61. The van der Waals surface area contributed by atoms with Crippen LogP contribution in [0.5, 0.6) is 0 Å². The van der Waals surface area contributed by atoms with E-state index in [0.29, 0.717) is 0 Å². The highest BCUT2D eigenvalue weighted by atomic mass is 15.0. The maximum Gasteiger partial charge on any atom is 0.137 e. The van der Waals surface area contributed by atoms with Crippen LogP contribution in [-0.4, -0.2) is 17.0 Å². The second-order valence-electron chi connectivity index (χ2n) is 6.06. The Hall–Kier alpha value is -2.68. The minimum Gasteiger partial charge on any atom is -0.373 e. The average Bonchev–Trinajstić information content (AvgIpc) is 2.92. The maximum atomic E-state index is 4.85. The number of nitrogens with one attached hydrogen (secondary N) is 1. The third-order valence-corrected chi connectivity index (χ3v) is 4.36. The second-order valence-corrected chi connectivity index (χ2v) is 6.06. The average molecular weight is 301 g/mol. The second kappa shape index (κ2) is 5.51. The normalized spacial score (nSPS) is 11.9. The van der Waals surface area contributed by atoms with Gasteiger partial charge in [-0.15, -0.1) is 0 Å². The fraction of sp³-hybridized carbons (Fsp3) is 0.200. The third-order valence-electron chi connectivity index (χ3n) is 4.36. The standard InChI is InChI=1S/C20H19N3/c1-13-8-9-16-15(10-13)12-17-19(16)20(21-2)23-18(22-17)11-14-6-4-3-5-7-14/h3-10H,11-12H2,1-2H3,(H,21,22,23). The highest BCUT2D eigenvalue weighted by Crippen LogP contribution is 2.40. The van der Waals surface area contributed by atoms with Gasteiger partial charge in [-0.1, -0.05) is 54.1 Å². The van der Waals surface area contributed by atoms with E-state index in [4.69, 9.17) is 9.97 Å². The summed E-state index contributed by atoms with van der Waals surface area (Å²) in [5.74, 6) is 1.81. The van der Waals surface area contributed by atoms with E-state index in [1.165, 1.54) is 27.8 Å². The van der Waals surface area contributed by atoms with Gasteiger partial charge in [0.05, 0.1) is 5.69 Å². The number of anilines is 1. The van der Waals surface area contributed by atoms with Crippen molar-refractivity contribution in [3.8, 4) is 11.1 Å². The molecule has 1 aliphatic carbocycles. The molecule has 0 spiro atoms. The van der Waals surface area contributed by atoms with E-state index in [2.05, 4.69) is 54.7 Å². The number of rotatable bonds is 3. The molecule has 0 unspecified atom stereocenters. The minimum atomic E-state index is 0.762. The summed E-state index contributed by atoms with van der Waals surface area (Å²) >= 11 is 0. The first-order valence-electron chi connectivity index (χ1n) is 7.96. The molecule has 3 heteroatoms. The monoisotopic (exact) mass is 301 g/mol. The Balaban J connectivity index is 1.78. The van der Waals surface area contributed by atoms with E-state index >= 15 is 0 Å². The predicted molar refractivity (Wildman–Crippen MR) is 93.8 cm³/mol. The molecule has 4 rings (SSSR count). The minimum absolute atomic E-state index is 0.762. The summed E-state index contributed by atoms with van der Waals surface area (Å²) in [6, 6.07) is 17.0. The zero-order valence-corrected chi connectivity index (χ0v) is 13.4. The molecule has 0 saturated heterocycles. The fourth-order valence-corrected chi connectivity index (χ4v) is 3.30. The van der Waals surface area contributed by atoms with Crippen molar-refractivity contribution in [3.05, 3.63) is 76.7 Å². The molecule has 3 nitrogen and oxygen atoms in total. The summed E-state index contributed by atoms with van der Waals surface area (Å²) in [7, 11) is 1.93. The van der Waals surface area contributed by atoms with E-state index in [1.807, 2.05) is 13.1 Å². The van der Waals surface area contributed by atoms with Crippen molar-refractivity contribution in [2.24, 2.45) is 0 Å². The lowest BCUT2D eigenvalue weighted by Crippen LogP contribution is -2.05. The molecule has 0 bridgehead atoms. The van der Waals surface area contributed by atoms with Gasteiger partial charge < -0.3 is 5.32 Å². The SMILES string of the molecule is CNc1nc(Cc2ccccc2)nc2c1-c1ccc(C)cc1C2. The van der Waals surface area contributed by atoms with Crippen LogP contribution in [0.2, 0.25) is 0 Å². The number of nitrogens with zero attached hydrogens (tertiary/aromatic N) is 2. The van der Waals surface area contributed by atoms with Crippen molar-refractivity contribution in [2.75, 3.05) is 12.4 Å². The third kappa shape index (κ3) is 2.48. The van der Waals surface area contributed by atoms with E-state index in [0.717, 1.165) is 30.2 Å². The van der Waals surface area contributed by atoms with Crippen molar-refractivity contribution < 1.29 is 0 Å². The van der Waals surface area contributed by atoms with Gasteiger partial charge in [0.1, 0.15) is 11.6 Å². The molecule has 1 aliphatic rings. The first-order chi connectivity index (χ1) is 11.2. The van der Waals surface area contributed by atoms with Gasteiger partial charge in [0.2, 0.25) is 0 Å². The van der Waals surface area contributed by atoms with Gasteiger partial charge in [-0.2, -0.15) is 0 Å². The van der Waals surface area contributed by atoms with E-state index in [1.54, 1.807) is 0 Å². The Bertz CT molecular complexity index is 870. The summed E-state index contributed by atoms with van der Waals surface area (Å²) in [6.45, 7) is 2.13. The summed E-state index contributed by atoms with van der Waals surface area (Å²) in [6.07, 6.45) is 1.66. The number of hydrogen-bond donors (Lipinski definition) is 1. The number of fused-ring (bicyclic) bond motifs is 3. The van der Waals surface area contributed by atoms with Gasteiger partial charge in [-0.25, -0.2) is 9.97 Å². The lowest BCUT2D eigenvalue weighted by molar-refractivity contribution is 0.935. The van der Waals surface area contributed by atoms with Crippen molar-refractivity contribution >= 4 is 5.82 Å². The number of hydrogen-bond acceptors (Lipinski definition) is 3. The summed E-state index contributed by atoms with van der Waals surface area (Å²) in [5.41, 5.74) is 7.44. The van der Waals surface area contributed by atoms with Gasteiger partial charge >= 0.3 is 0 Å². The van der Waals surface area contributed by atoms with Crippen molar-refractivity contribution in [2.45, 2.75) is 19.8 Å². The van der Waals surface area contributed by atoms with Gasteiger partial charge in [-0.05, 0) is 23.6 Å². The molecule has 114 valence electrons. The largest absolute Gasteiger partial charge is 0.373 e. The van der Waals surface area contributed by atoms with Gasteiger partial charge in [0.25, 0.3) is 0 Å². The fourth-order valence-electron chi connectivity index (χ4n) is 3.30. The van der Waals surface area contributed by atoms with Crippen LogP contribution in [0.4, 0.5) is 5.82 Å². The van der Waals surface area contributed by atoms with E-state index < -0.39 is 0 Å². The zero-order valence-electron chi connectivity index (χ0n) is 13.4. The molecule has 0 saturated carbocycles. The summed E-state index contributed by atoms with van der Waals surface area (Å²) in [5, 5.41) is 3.26. The maximum absolute atomic E-state index is 4.85. The first kappa shape index (κ1) is 13.9.